The normalized spacial score (nSPS) is 11.0. The Morgan fingerprint density at radius 1 is 1.27 bits per heavy atom. The molecule has 3 aromatic rings. The maximum Gasteiger partial charge on any atom is 0.289 e. The summed E-state index contributed by atoms with van der Waals surface area (Å²) in [4.78, 5) is 14.1. The fourth-order valence-electron chi connectivity index (χ4n) is 2.83. The van der Waals surface area contributed by atoms with Gasteiger partial charge in [-0.05, 0) is 53.5 Å². The van der Waals surface area contributed by atoms with Gasteiger partial charge in [-0.15, -0.1) is 0 Å². The minimum Gasteiger partial charge on any atom is -0.444 e. The van der Waals surface area contributed by atoms with Crippen LogP contribution >= 0.6 is 27.5 Å². The van der Waals surface area contributed by atoms with Crippen LogP contribution in [0.5, 0.6) is 0 Å². The summed E-state index contributed by atoms with van der Waals surface area (Å²) in [5, 5.41) is 5.34. The quantitative estimate of drug-likeness (QED) is 0.575. The molecular weight excluding hydrogens is 418 g/mol. The Balaban J connectivity index is 1.79. The van der Waals surface area contributed by atoms with Crippen LogP contribution in [0.3, 0.4) is 0 Å². The first-order valence-electron chi connectivity index (χ1n) is 8.14. The van der Waals surface area contributed by atoms with Crippen LogP contribution in [0.4, 0.5) is 0 Å². The van der Waals surface area contributed by atoms with Gasteiger partial charge in [-0.3, -0.25) is 9.48 Å². The monoisotopic (exact) mass is 435 g/mol. The van der Waals surface area contributed by atoms with Gasteiger partial charge >= 0.3 is 0 Å². The number of aryl methyl sites for hydroxylation is 1. The van der Waals surface area contributed by atoms with Gasteiger partial charge in [0.2, 0.25) is 0 Å². The smallest absolute Gasteiger partial charge is 0.289 e. The van der Waals surface area contributed by atoms with Gasteiger partial charge < -0.3 is 9.32 Å². The average Bonchev–Trinajstić information content (AvgIpc) is 3.15. The summed E-state index contributed by atoms with van der Waals surface area (Å²) >= 11 is 9.48. The lowest BCUT2D eigenvalue weighted by Gasteiger charge is -2.16. The number of benzene rings is 1. The Hall–Kier alpha value is -2.05. The number of hydrogen-bond acceptors (Lipinski definition) is 3. The number of amides is 1. The van der Waals surface area contributed by atoms with Crippen molar-refractivity contribution < 1.29 is 9.21 Å². The molecule has 0 bridgehead atoms. The van der Waals surface area contributed by atoms with E-state index in [0.717, 1.165) is 27.5 Å². The number of carbonyl (C=O) groups is 1. The summed E-state index contributed by atoms with van der Waals surface area (Å²) in [6, 6.07) is 11.1. The van der Waals surface area contributed by atoms with Crippen LogP contribution in [0.15, 0.2) is 45.5 Å². The second-order valence-corrected chi connectivity index (χ2v) is 7.35. The first kappa shape index (κ1) is 18.7. The van der Waals surface area contributed by atoms with E-state index >= 15 is 0 Å². The van der Waals surface area contributed by atoms with E-state index in [0.29, 0.717) is 23.5 Å². The van der Waals surface area contributed by atoms with E-state index in [1.807, 2.05) is 42.8 Å². The lowest BCUT2D eigenvalue weighted by molar-refractivity contribution is 0.0751. The van der Waals surface area contributed by atoms with Gasteiger partial charge in [0, 0.05) is 29.9 Å². The molecular formula is C19H19BrClN3O2. The van der Waals surface area contributed by atoms with Gasteiger partial charge in [-0.2, -0.15) is 5.10 Å². The minimum atomic E-state index is -0.173. The molecule has 3 rings (SSSR count). The molecule has 1 amide bonds. The van der Waals surface area contributed by atoms with Crippen LogP contribution in [0.25, 0.3) is 0 Å². The summed E-state index contributed by atoms with van der Waals surface area (Å²) in [7, 11) is 1.75. The van der Waals surface area contributed by atoms with E-state index < -0.39 is 0 Å². The molecule has 0 radical (unpaired) electrons. The summed E-state index contributed by atoms with van der Waals surface area (Å²) in [6.45, 7) is 5.01. The second-order valence-electron chi connectivity index (χ2n) is 6.16. The van der Waals surface area contributed by atoms with Gasteiger partial charge in [-0.25, -0.2) is 0 Å². The third kappa shape index (κ3) is 3.86. The molecule has 2 aromatic heterocycles. The zero-order valence-corrected chi connectivity index (χ0v) is 17.1. The maximum atomic E-state index is 12.5. The first-order valence-corrected chi connectivity index (χ1v) is 9.31. The molecule has 0 aliphatic rings. The fourth-order valence-corrected chi connectivity index (χ4v) is 3.33. The molecule has 0 fully saturated rings. The molecule has 136 valence electrons. The van der Waals surface area contributed by atoms with Crippen LogP contribution in [0, 0.1) is 13.8 Å². The summed E-state index contributed by atoms with van der Waals surface area (Å²) in [6.07, 6.45) is 0. The lowest BCUT2D eigenvalue weighted by atomic mass is 10.1. The number of halogens is 2. The van der Waals surface area contributed by atoms with Crippen molar-refractivity contribution >= 4 is 33.4 Å². The zero-order chi connectivity index (χ0) is 18.8. The Bertz CT molecular complexity index is 948. The van der Waals surface area contributed by atoms with Crippen LogP contribution in [0.1, 0.15) is 33.1 Å². The van der Waals surface area contributed by atoms with Crippen molar-refractivity contribution in [1.82, 2.24) is 14.7 Å². The molecule has 0 aliphatic heterocycles. The average molecular weight is 437 g/mol. The molecule has 1 aromatic carbocycles. The summed E-state index contributed by atoms with van der Waals surface area (Å²) in [5.74, 6) is 0.131. The highest BCUT2D eigenvalue weighted by Gasteiger charge is 2.20. The zero-order valence-electron chi connectivity index (χ0n) is 14.8. The minimum absolute atomic E-state index is 0.173. The van der Waals surface area contributed by atoms with Crippen LogP contribution in [-0.4, -0.2) is 27.6 Å². The number of rotatable bonds is 5. The first-order chi connectivity index (χ1) is 12.4. The molecule has 0 atom stereocenters. The molecule has 0 spiro atoms. The Morgan fingerprint density at radius 2 is 2.00 bits per heavy atom. The Morgan fingerprint density at radius 3 is 2.65 bits per heavy atom. The molecule has 0 aliphatic carbocycles. The van der Waals surface area contributed by atoms with E-state index in [9.17, 15) is 4.79 Å². The Kier molecular flexibility index (Phi) is 5.53. The fraction of sp³-hybridized carbons (Fsp3) is 0.263. The van der Waals surface area contributed by atoms with Gasteiger partial charge in [0.1, 0.15) is 0 Å². The number of furan rings is 1. The number of carbonyl (C=O) groups excluding carboxylic acids is 1. The predicted octanol–water partition coefficient (Wildman–Crippen LogP) is 4.83. The Labute approximate surface area is 165 Å². The van der Waals surface area contributed by atoms with Gasteiger partial charge in [0.15, 0.2) is 10.4 Å². The maximum absolute atomic E-state index is 12.5. The standard InChI is InChI=1S/C19H19BrClN3O2/c1-12-15(11-23(3)19(25)17-8-9-18(20)26-17)13(2)24(22-12)10-14-6-4-5-7-16(14)21/h4-9H,10-11H2,1-3H3. The topological polar surface area (TPSA) is 51.3 Å². The molecule has 0 N–H and O–H groups in total. The van der Waals surface area contributed by atoms with Crippen molar-refractivity contribution in [3.05, 3.63) is 74.4 Å². The van der Waals surface area contributed by atoms with Crippen molar-refractivity contribution in [2.24, 2.45) is 0 Å². The van der Waals surface area contributed by atoms with Gasteiger partial charge in [0.05, 0.1) is 12.2 Å². The largest absolute Gasteiger partial charge is 0.444 e. The predicted molar refractivity (Wildman–Crippen MR) is 104 cm³/mol. The van der Waals surface area contributed by atoms with E-state index in [4.69, 9.17) is 16.0 Å². The number of nitrogens with zero attached hydrogens (tertiary/aromatic N) is 3. The van der Waals surface area contributed by atoms with E-state index in [-0.39, 0.29) is 5.91 Å². The van der Waals surface area contributed by atoms with Crippen molar-refractivity contribution in [2.45, 2.75) is 26.9 Å². The highest BCUT2D eigenvalue weighted by molar-refractivity contribution is 9.10. The van der Waals surface area contributed by atoms with Crippen molar-refractivity contribution in [1.29, 1.82) is 0 Å². The highest BCUT2D eigenvalue weighted by atomic mass is 79.9. The molecule has 2 heterocycles. The van der Waals surface area contributed by atoms with E-state index in [1.165, 1.54) is 0 Å². The third-order valence-corrected chi connectivity index (χ3v) is 5.13. The molecule has 26 heavy (non-hydrogen) atoms. The summed E-state index contributed by atoms with van der Waals surface area (Å²) in [5.41, 5.74) is 3.95. The number of hydrogen-bond donors (Lipinski definition) is 0. The van der Waals surface area contributed by atoms with E-state index in [1.54, 1.807) is 24.1 Å². The van der Waals surface area contributed by atoms with Gasteiger partial charge in [-0.1, -0.05) is 29.8 Å². The molecule has 0 unspecified atom stereocenters. The van der Waals surface area contributed by atoms with Crippen LogP contribution in [-0.2, 0) is 13.1 Å². The third-order valence-electron chi connectivity index (χ3n) is 4.34. The van der Waals surface area contributed by atoms with Crippen molar-refractivity contribution in [3.8, 4) is 0 Å². The van der Waals surface area contributed by atoms with E-state index in [2.05, 4.69) is 21.0 Å². The molecule has 7 heteroatoms. The lowest BCUT2D eigenvalue weighted by Crippen LogP contribution is -2.26. The second kappa shape index (κ2) is 7.68. The van der Waals surface area contributed by atoms with Crippen molar-refractivity contribution in [3.63, 3.8) is 0 Å². The molecule has 5 nitrogen and oxygen atoms in total. The molecule has 0 saturated heterocycles. The number of aromatic nitrogens is 2. The van der Waals surface area contributed by atoms with Gasteiger partial charge in [0.25, 0.3) is 5.91 Å². The molecule has 0 saturated carbocycles. The van der Waals surface area contributed by atoms with Crippen LogP contribution in [0.2, 0.25) is 5.02 Å². The van der Waals surface area contributed by atoms with Crippen LogP contribution < -0.4 is 0 Å². The highest BCUT2D eigenvalue weighted by Crippen LogP contribution is 2.21. The SMILES string of the molecule is Cc1nn(Cc2ccccc2Cl)c(C)c1CN(C)C(=O)c1ccc(Br)o1. The summed E-state index contributed by atoms with van der Waals surface area (Å²) < 4.78 is 7.81. The van der Waals surface area contributed by atoms with Crippen molar-refractivity contribution in [2.75, 3.05) is 7.05 Å².